The quantitative estimate of drug-likeness (QED) is 0.811. The lowest BCUT2D eigenvalue weighted by molar-refractivity contribution is 0.154. The molecule has 0 bridgehead atoms. The Bertz CT molecular complexity index is 359. The number of hydrogen-bond acceptors (Lipinski definition) is 4. The van der Waals surface area contributed by atoms with E-state index in [-0.39, 0.29) is 6.10 Å². The minimum Gasteiger partial charge on any atom is -0.398 e. The first-order valence-electron chi connectivity index (χ1n) is 5.01. The largest absolute Gasteiger partial charge is 0.398 e. The Labute approximate surface area is 97.2 Å². The van der Waals surface area contributed by atoms with E-state index in [0.29, 0.717) is 12.2 Å². The third-order valence-electron chi connectivity index (χ3n) is 2.60. The van der Waals surface area contributed by atoms with E-state index in [2.05, 4.69) is 25.8 Å². The molecule has 1 unspecified atom stereocenters. The van der Waals surface area contributed by atoms with Gasteiger partial charge in [-0.15, -0.1) is 0 Å². The van der Waals surface area contributed by atoms with Crippen LogP contribution in [0.5, 0.6) is 0 Å². The van der Waals surface area contributed by atoms with Crippen LogP contribution in [-0.4, -0.2) is 29.3 Å². The van der Waals surface area contributed by atoms with Gasteiger partial charge in [-0.25, -0.2) is 4.98 Å². The Morgan fingerprint density at radius 2 is 2.40 bits per heavy atom. The highest BCUT2D eigenvalue weighted by Crippen LogP contribution is 2.30. The normalized spacial score (nSPS) is 21.7. The summed E-state index contributed by atoms with van der Waals surface area (Å²) in [6, 6.07) is 1.76. The zero-order valence-electron chi connectivity index (χ0n) is 8.36. The molecule has 4 nitrogen and oxygen atoms in total. The molecule has 2 rings (SSSR count). The smallest absolute Gasteiger partial charge is 0.145 e. The summed E-state index contributed by atoms with van der Waals surface area (Å²) in [5.41, 5.74) is 6.47. The second-order valence-electron chi connectivity index (χ2n) is 3.78. The number of hydrogen-bond donors (Lipinski definition) is 2. The van der Waals surface area contributed by atoms with Gasteiger partial charge in [0.1, 0.15) is 5.82 Å². The van der Waals surface area contributed by atoms with Crippen molar-refractivity contribution in [3.05, 3.63) is 16.7 Å². The molecule has 1 aliphatic rings. The summed E-state index contributed by atoms with van der Waals surface area (Å²) in [4.78, 5) is 6.35. The number of rotatable bonds is 1. The number of nitrogens with two attached hydrogens (primary N) is 1. The maximum atomic E-state index is 9.59. The van der Waals surface area contributed by atoms with E-state index < -0.39 is 0 Å². The average Bonchev–Trinajstić information content (AvgIpc) is 2.22. The Morgan fingerprint density at radius 1 is 1.60 bits per heavy atom. The molecule has 0 amide bonds. The van der Waals surface area contributed by atoms with Crippen molar-refractivity contribution >= 4 is 27.4 Å². The summed E-state index contributed by atoms with van der Waals surface area (Å²) in [5.74, 6) is 0.828. The average molecular weight is 272 g/mol. The van der Waals surface area contributed by atoms with Crippen LogP contribution in [0.4, 0.5) is 11.5 Å². The summed E-state index contributed by atoms with van der Waals surface area (Å²) in [6.07, 6.45) is 3.30. The molecule has 82 valence electrons. The lowest BCUT2D eigenvalue weighted by Crippen LogP contribution is -2.38. The van der Waals surface area contributed by atoms with Gasteiger partial charge < -0.3 is 15.7 Å². The summed E-state index contributed by atoms with van der Waals surface area (Å²) < 4.78 is 0.819. The van der Waals surface area contributed by atoms with Gasteiger partial charge >= 0.3 is 0 Å². The van der Waals surface area contributed by atoms with Gasteiger partial charge in [0.25, 0.3) is 0 Å². The highest BCUT2D eigenvalue weighted by atomic mass is 79.9. The topological polar surface area (TPSA) is 62.4 Å². The first-order valence-corrected chi connectivity index (χ1v) is 5.81. The van der Waals surface area contributed by atoms with Crippen LogP contribution in [0.15, 0.2) is 16.7 Å². The highest BCUT2D eigenvalue weighted by Gasteiger charge is 2.21. The molecule has 0 saturated carbocycles. The van der Waals surface area contributed by atoms with Gasteiger partial charge in [0, 0.05) is 19.3 Å². The monoisotopic (exact) mass is 271 g/mol. The zero-order chi connectivity index (χ0) is 10.8. The lowest BCUT2D eigenvalue weighted by atomic mass is 10.1. The Kier molecular flexibility index (Phi) is 3.11. The van der Waals surface area contributed by atoms with Gasteiger partial charge in [-0.05, 0) is 34.8 Å². The fourth-order valence-corrected chi connectivity index (χ4v) is 2.30. The number of aliphatic hydroxyl groups excluding tert-OH is 1. The molecule has 5 heteroatoms. The van der Waals surface area contributed by atoms with E-state index in [4.69, 9.17) is 5.73 Å². The number of anilines is 2. The summed E-state index contributed by atoms with van der Waals surface area (Å²) >= 11 is 3.42. The van der Waals surface area contributed by atoms with Crippen molar-refractivity contribution in [2.75, 3.05) is 23.7 Å². The molecule has 2 heterocycles. The molecule has 1 aromatic heterocycles. The lowest BCUT2D eigenvalue weighted by Gasteiger charge is -2.31. The van der Waals surface area contributed by atoms with Gasteiger partial charge in [0.05, 0.1) is 16.3 Å². The SMILES string of the molecule is Nc1ccnc(N2CCCC(O)C2)c1Br. The summed E-state index contributed by atoms with van der Waals surface area (Å²) in [7, 11) is 0. The molecular weight excluding hydrogens is 258 g/mol. The molecule has 1 saturated heterocycles. The molecule has 0 aromatic carbocycles. The van der Waals surface area contributed by atoms with Gasteiger partial charge in [-0.3, -0.25) is 0 Å². The molecule has 1 aliphatic heterocycles. The molecule has 1 fully saturated rings. The molecule has 0 spiro atoms. The van der Waals surface area contributed by atoms with E-state index in [9.17, 15) is 5.11 Å². The minimum atomic E-state index is -0.256. The van der Waals surface area contributed by atoms with Gasteiger partial charge in [0.15, 0.2) is 0 Å². The van der Waals surface area contributed by atoms with Crippen LogP contribution in [-0.2, 0) is 0 Å². The van der Waals surface area contributed by atoms with Gasteiger partial charge in [0.2, 0.25) is 0 Å². The van der Waals surface area contributed by atoms with Crippen molar-refractivity contribution in [1.82, 2.24) is 4.98 Å². The molecule has 3 N–H and O–H groups in total. The molecule has 15 heavy (non-hydrogen) atoms. The number of nitrogen functional groups attached to an aromatic ring is 1. The van der Waals surface area contributed by atoms with Crippen LogP contribution in [0, 0.1) is 0 Å². The van der Waals surface area contributed by atoms with Crippen LogP contribution in [0.2, 0.25) is 0 Å². The van der Waals surface area contributed by atoms with E-state index in [1.807, 2.05) is 0 Å². The molecule has 1 atom stereocenters. The second kappa shape index (κ2) is 4.37. The van der Waals surface area contributed by atoms with Crippen molar-refractivity contribution < 1.29 is 5.11 Å². The molecule has 0 radical (unpaired) electrons. The third-order valence-corrected chi connectivity index (χ3v) is 3.41. The Hall–Kier alpha value is -0.810. The number of aliphatic hydroxyl groups is 1. The van der Waals surface area contributed by atoms with Crippen LogP contribution in [0.3, 0.4) is 0 Å². The second-order valence-corrected chi connectivity index (χ2v) is 4.57. The fraction of sp³-hybridized carbons (Fsp3) is 0.500. The molecular formula is C10H14BrN3O. The van der Waals surface area contributed by atoms with Crippen molar-refractivity contribution in [1.29, 1.82) is 0 Å². The van der Waals surface area contributed by atoms with Crippen LogP contribution >= 0.6 is 15.9 Å². The number of aromatic nitrogens is 1. The van der Waals surface area contributed by atoms with Crippen LogP contribution in [0.1, 0.15) is 12.8 Å². The van der Waals surface area contributed by atoms with Crippen LogP contribution in [0.25, 0.3) is 0 Å². The number of nitrogens with zero attached hydrogens (tertiary/aromatic N) is 2. The van der Waals surface area contributed by atoms with Crippen molar-refractivity contribution in [3.8, 4) is 0 Å². The van der Waals surface area contributed by atoms with Gasteiger partial charge in [-0.1, -0.05) is 0 Å². The minimum absolute atomic E-state index is 0.256. The highest BCUT2D eigenvalue weighted by molar-refractivity contribution is 9.10. The first kappa shape index (κ1) is 10.7. The molecule has 0 aliphatic carbocycles. The predicted octanol–water partition coefficient (Wildman–Crippen LogP) is 1.39. The predicted molar refractivity (Wildman–Crippen MR) is 63.8 cm³/mol. The van der Waals surface area contributed by atoms with E-state index >= 15 is 0 Å². The number of halogens is 1. The van der Waals surface area contributed by atoms with Crippen molar-refractivity contribution in [3.63, 3.8) is 0 Å². The van der Waals surface area contributed by atoms with Crippen molar-refractivity contribution in [2.24, 2.45) is 0 Å². The van der Waals surface area contributed by atoms with Crippen molar-refractivity contribution in [2.45, 2.75) is 18.9 Å². The molecule has 1 aromatic rings. The number of β-amino-alcohol motifs (C(OH)–C–C–N with tert-alkyl or cyclic N) is 1. The standard InChI is InChI=1S/C10H14BrN3O/c11-9-8(12)3-4-13-10(9)14-5-1-2-7(15)6-14/h3-4,7,15H,1-2,5-6H2,(H2,12,13). The van der Waals surface area contributed by atoms with Gasteiger partial charge in [-0.2, -0.15) is 0 Å². The number of piperidine rings is 1. The first-order chi connectivity index (χ1) is 7.18. The maximum Gasteiger partial charge on any atom is 0.145 e. The maximum absolute atomic E-state index is 9.59. The summed E-state index contributed by atoms with van der Waals surface area (Å²) in [6.45, 7) is 1.56. The third kappa shape index (κ3) is 2.23. The Morgan fingerprint density at radius 3 is 3.13 bits per heavy atom. The van der Waals surface area contributed by atoms with E-state index in [1.54, 1.807) is 12.3 Å². The zero-order valence-corrected chi connectivity index (χ0v) is 9.94. The Balaban J connectivity index is 2.24. The number of pyridine rings is 1. The fourth-order valence-electron chi connectivity index (χ4n) is 1.81. The van der Waals surface area contributed by atoms with E-state index in [1.165, 1.54) is 0 Å². The summed E-state index contributed by atoms with van der Waals surface area (Å²) in [5, 5.41) is 9.59. The van der Waals surface area contributed by atoms with Crippen LogP contribution < -0.4 is 10.6 Å². The van der Waals surface area contributed by atoms with E-state index in [0.717, 1.165) is 29.7 Å².